The first kappa shape index (κ1) is 39.0. The Morgan fingerprint density at radius 3 is 1.98 bits per heavy atom. The minimum atomic E-state index is 0.0248. The molecule has 1 amide bonds. The standard InChI is InChI=1S/C23H26N6O3S.C18H18N4O2S/c1-13-6-14-8-18(33-22(14)17(7-13)32-3)20-15(11-31-2)16(9-28-5-4-25-19(30)10-28)29-21(20)23(24)26-12-27-29;1-10-4-11-6-14(25-17(11)13(5-10)24-3)15-12(8-23-2)7-22-16(15)18(19)20-9-21-22/h6-8,12H,4-5,9-11H2,1-3H3,(H,25,30)(H2,24,26,27);4-7,9H,8H2,1-3H3,(H2,19,20,21). The molecule has 0 spiro atoms. The fourth-order valence-electron chi connectivity index (χ4n) is 7.69. The van der Waals surface area contributed by atoms with Crippen LogP contribution in [-0.4, -0.2) is 88.1 Å². The van der Waals surface area contributed by atoms with E-state index in [0.29, 0.717) is 44.5 Å². The smallest absolute Gasteiger partial charge is 0.234 e. The molecule has 0 saturated carbocycles. The van der Waals surface area contributed by atoms with E-state index in [-0.39, 0.29) is 5.91 Å². The first-order valence-corrected chi connectivity index (χ1v) is 20.1. The zero-order chi connectivity index (χ0) is 40.7. The fourth-order valence-corrected chi connectivity index (χ4v) is 10.1. The van der Waals surface area contributed by atoms with Gasteiger partial charge in [-0.15, -0.1) is 22.7 Å². The van der Waals surface area contributed by atoms with Crippen LogP contribution in [0.1, 0.15) is 27.9 Å². The van der Waals surface area contributed by atoms with Gasteiger partial charge in [-0.2, -0.15) is 10.2 Å². The maximum atomic E-state index is 12.0. The summed E-state index contributed by atoms with van der Waals surface area (Å²) in [5, 5.41) is 14.0. The van der Waals surface area contributed by atoms with Crippen LogP contribution in [0.3, 0.4) is 0 Å². The van der Waals surface area contributed by atoms with E-state index >= 15 is 0 Å². The first-order valence-electron chi connectivity index (χ1n) is 18.5. The van der Waals surface area contributed by atoms with Gasteiger partial charge in [0, 0.05) is 72.1 Å². The van der Waals surface area contributed by atoms with Crippen molar-refractivity contribution >= 4 is 71.4 Å². The summed E-state index contributed by atoms with van der Waals surface area (Å²) in [7, 11) is 6.75. The second-order valence-electron chi connectivity index (χ2n) is 14.1. The van der Waals surface area contributed by atoms with Gasteiger partial charge in [0.15, 0.2) is 11.6 Å². The molecule has 0 atom stereocenters. The number of nitrogens with zero attached hydrogens (tertiary/aromatic N) is 7. The Hall–Kier alpha value is -5.85. The molecule has 300 valence electrons. The van der Waals surface area contributed by atoms with Gasteiger partial charge in [-0.1, -0.05) is 12.1 Å². The number of piperazine rings is 1. The van der Waals surface area contributed by atoms with Gasteiger partial charge < -0.3 is 35.7 Å². The van der Waals surface area contributed by atoms with Crippen LogP contribution in [0.5, 0.6) is 11.5 Å². The van der Waals surface area contributed by atoms with Gasteiger partial charge >= 0.3 is 0 Å². The number of carbonyl (C=O) groups is 1. The number of rotatable bonds is 10. The van der Waals surface area contributed by atoms with E-state index in [2.05, 4.69) is 68.5 Å². The number of nitrogen functional groups attached to an aromatic ring is 2. The SMILES string of the molecule is COCc1c(-c2cc3cc(C)cc(OC)c3s2)c2c(N)ncnn2c1CN1CCNC(=O)C1.COCc1cn2ncnc(N)c2c1-c1cc2cc(C)cc(OC)c2s1. The molecule has 7 heterocycles. The highest BCUT2D eigenvalue weighted by Crippen LogP contribution is 2.45. The van der Waals surface area contributed by atoms with Crippen LogP contribution in [0.15, 0.2) is 55.2 Å². The largest absolute Gasteiger partial charge is 0.495 e. The molecule has 5 N–H and O–H groups in total. The lowest BCUT2D eigenvalue weighted by Gasteiger charge is -2.26. The summed E-state index contributed by atoms with van der Waals surface area (Å²) < 4.78 is 28.0. The number of amides is 1. The molecule has 0 aliphatic carbocycles. The van der Waals surface area contributed by atoms with Crippen molar-refractivity contribution in [2.45, 2.75) is 33.6 Å². The minimum Gasteiger partial charge on any atom is -0.495 e. The van der Waals surface area contributed by atoms with Crippen LogP contribution in [-0.2, 0) is 34.0 Å². The molecule has 9 rings (SSSR count). The monoisotopic (exact) mass is 820 g/mol. The topological polar surface area (TPSA) is 182 Å². The van der Waals surface area contributed by atoms with E-state index in [1.165, 1.54) is 12.7 Å². The average Bonchev–Trinajstić information content (AvgIpc) is 3.98. The van der Waals surface area contributed by atoms with E-state index in [4.69, 9.17) is 30.4 Å². The number of hydrogen-bond acceptors (Lipinski definition) is 14. The van der Waals surface area contributed by atoms with E-state index in [1.54, 1.807) is 55.6 Å². The Bertz CT molecular complexity index is 2830. The van der Waals surface area contributed by atoms with Crippen molar-refractivity contribution in [3.05, 3.63) is 83.2 Å². The molecular weight excluding hydrogens is 777 g/mol. The van der Waals surface area contributed by atoms with Crippen molar-refractivity contribution in [3.8, 4) is 32.4 Å². The third-order valence-corrected chi connectivity index (χ3v) is 12.5. The zero-order valence-electron chi connectivity index (χ0n) is 33.1. The number of thiophene rings is 2. The summed E-state index contributed by atoms with van der Waals surface area (Å²) >= 11 is 3.32. The van der Waals surface area contributed by atoms with Gasteiger partial charge in [-0.3, -0.25) is 9.69 Å². The van der Waals surface area contributed by atoms with Crippen LogP contribution < -0.4 is 26.3 Å². The number of nitrogens with two attached hydrogens (primary N) is 2. The van der Waals surface area contributed by atoms with Gasteiger partial charge in [0.2, 0.25) is 5.91 Å². The fraction of sp³-hybridized carbons (Fsp3) is 0.293. The number of methoxy groups -OCH3 is 4. The number of ether oxygens (including phenoxy) is 4. The Morgan fingerprint density at radius 2 is 1.38 bits per heavy atom. The third-order valence-electron chi connectivity index (χ3n) is 10.1. The number of fused-ring (bicyclic) bond motifs is 4. The van der Waals surface area contributed by atoms with Crippen molar-refractivity contribution in [1.29, 1.82) is 0 Å². The van der Waals surface area contributed by atoms with Crippen LogP contribution in [0.2, 0.25) is 0 Å². The van der Waals surface area contributed by atoms with Gasteiger partial charge in [0.05, 0.1) is 49.1 Å². The molecule has 15 nitrogen and oxygen atoms in total. The molecule has 0 unspecified atom stereocenters. The van der Waals surface area contributed by atoms with Crippen LogP contribution >= 0.6 is 22.7 Å². The number of hydrogen-bond donors (Lipinski definition) is 3. The van der Waals surface area contributed by atoms with Gasteiger partial charge in [-0.05, 0) is 60.0 Å². The Kier molecular flexibility index (Phi) is 10.9. The van der Waals surface area contributed by atoms with E-state index < -0.39 is 0 Å². The van der Waals surface area contributed by atoms with Crippen LogP contribution in [0, 0.1) is 13.8 Å². The molecule has 2 aromatic carbocycles. The average molecular weight is 821 g/mol. The summed E-state index contributed by atoms with van der Waals surface area (Å²) in [4.78, 5) is 24.6. The van der Waals surface area contributed by atoms with Crippen molar-refractivity contribution < 1.29 is 23.7 Å². The normalized spacial score (nSPS) is 13.4. The molecule has 1 fully saturated rings. The van der Waals surface area contributed by atoms with Gasteiger partial charge in [-0.25, -0.2) is 19.0 Å². The second-order valence-corrected chi connectivity index (χ2v) is 16.2. The van der Waals surface area contributed by atoms with Gasteiger partial charge in [0.25, 0.3) is 0 Å². The Labute approximate surface area is 342 Å². The van der Waals surface area contributed by atoms with Crippen LogP contribution in [0.25, 0.3) is 52.1 Å². The summed E-state index contributed by atoms with van der Waals surface area (Å²) in [6, 6.07) is 12.7. The Morgan fingerprint density at radius 1 is 0.776 bits per heavy atom. The summed E-state index contributed by atoms with van der Waals surface area (Å²) in [6.45, 7) is 7.27. The second kappa shape index (κ2) is 16.2. The van der Waals surface area contributed by atoms with E-state index in [0.717, 1.165) is 98.1 Å². The predicted octanol–water partition coefficient (Wildman–Crippen LogP) is 6.25. The number of aromatic nitrogens is 6. The maximum Gasteiger partial charge on any atom is 0.234 e. The van der Waals surface area contributed by atoms with Crippen molar-refractivity contribution in [2.24, 2.45) is 0 Å². The molecule has 1 aliphatic rings. The molecule has 8 aromatic rings. The molecule has 0 radical (unpaired) electrons. The molecule has 0 bridgehead atoms. The Balaban J connectivity index is 0.000000168. The molecule has 1 saturated heterocycles. The number of aryl methyl sites for hydroxylation is 2. The highest BCUT2D eigenvalue weighted by atomic mass is 32.1. The number of benzene rings is 2. The van der Waals surface area contributed by atoms with Crippen molar-refractivity contribution in [1.82, 2.24) is 39.4 Å². The molecular formula is C41H44N10O5S2. The summed E-state index contributed by atoms with van der Waals surface area (Å²) in [6.07, 6.45) is 4.87. The van der Waals surface area contributed by atoms with E-state index in [1.807, 2.05) is 22.8 Å². The highest BCUT2D eigenvalue weighted by molar-refractivity contribution is 7.23. The molecule has 1 aliphatic heterocycles. The van der Waals surface area contributed by atoms with Crippen molar-refractivity contribution in [3.63, 3.8) is 0 Å². The first-order chi connectivity index (χ1) is 28.1. The summed E-state index contributed by atoms with van der Waals surface area (Å²) in [5.41, 5.74) is 21.3. The summed E-state index contributed by atoms with van der Waals surface area (Å²) in [5.74, 6) is 2.61. The van der Waals surface area contributed by atoms with Crippen molar-refractivity contribution in [2.75, 3.05) is 59.5 Å². The molecule has 17 heteroatoms. The highest BCUT2D eigenvalue weighted by Gasteiger charge is 2.27. The minimum absolute atomic E-state index is 0.0248. The predicted molar refractivity (Wildman–Crippen MR) is 229 cm³/mol. The zero-order valence-corrected chi connectivity index (χ0v) is 34.7. The lowest BCUT2D eigenvalue weighted by atomic mass is 10.1. The molecule has 6 aromatic heterocycles. The lowest BCUT2D eigenvalue weighted by molar-refractivity contribution is -0.124. The number of nitrogens with one attached hydrogen (secondary N) is 1. The maximum absolute atomic E-state index is 12.0. The quantitative estimate of drug-likeness (QED) is 0.141. The lowest BCUT2D eigenvalue weighted by Crippen LogP contribution is -2.47. The van der Waals surface area contributed by atoms with E-state index in [9.17, 15) is 4.79 Å². The number of carbonyl (C=O) groups excluding carboxylic acids is 1. The third kappa shape index (κ3) is 7.15. The van der Waals surface area contributed by atoms with Crippen LogP contribution in [0.4, 0.5) is 11.6 Å². The van der Waals surface area contributed by atoms with Gasteiger partial charge in [0.1, 0.15) is 35.2 Å². The molecule has 58 heavy (non-hydrogen) atoms. The number of anilines is 2.